The normalized spacial score (nSPS) is 23.0. The minimum absolute atomic E-state index is 0.111. The molecule has 4 nitrogen and oxygen atoms in total. The summed E-state index contributed by atoms with van der Waals surface area (Å²) in [5.41, 5.74) is 0.735. The number of rotatable bonds is 5. The number of carboxylic acid groups (broad SMARTS) is 1. The number of carbonyl (C=O) groups is 1. The van der Waals surface area contributed by atoms with E-state index < -0.39 is 5.97 Å². The van der Waals surface area contributed by atoms with Gasteiger partial charge in [-0.15, -0.1) is 0 Å². The van der Waals surface area contributed by atoms with Gasteiger partial charge in [-0.05, 0) is 36.8 Å². The van der Waals surface area contributed by atoms with Crippen LogP contribution < -0.4 is 5.32 Å². The van der Waals surface area contributed by atoms with E-state index in [-0.39, 0.29) is 5.69 Å². The van der Waals surface area contributed by atoms with Crippen LogP contribution in [0.4, 0.5) is 5.69 Å². The first kappa shape index (κ1) is 13.8. The van der Waals surface area contributed by atoms with Crippen molar-refractivity contribution in [1.29, 1.82) is 0 Å². The summed E-state index contributed by atoms with van der Waals surface area (Å²) in [6, 6.07) is 3.54. The Hall–Kier alpha value is -1.58. The van der Waals surface area contributed by atoms with Crippen molar-refractivity contribution in [3.8, 4) is 0 Å². The SMILES string of the molecule is CC1CCCC(CCNc2cccnc2C(=O)O)C1. The predicted octanol–water partition coefficient (Wildman–Crippen LogP) is 3.41. The van der Waals surface area contributed by atoms with Crippen LogP contribution in [0.3, 0.4) is 0 Å². The molecule has 0 radical (unpaired) electrons. The zero-order chi connectivity index (χ0) is 13.7. The van der Waals surface area contributed by atoms with Crippen molar-refractivity contribution in [3.05, 3.63) is 24.0 Å². The number of anilines is 1. The molecule has 1 fully saturated rings. The fourth-order valence-electron chi connectivity index (χ4n) is 2.95. The van der Waals surface area contributed by atoms with Gasteiger partial charge < -0.3 is 10.4 Å². The quantitative estimate of drug-likeness (QED) is 0.853. The summed E-state index contributed by atoms with van der Waals surface area (Å²) in [6.45, 7) is 3.15. The van der Waals surface area contributed by atoms with Crippen molar-refractivity contribution >= 4 is 11.7 Å². The highest BCUT2D eigenvalue weighted by Crippen LogP contribution is 2.30. The molecule has 0 bridgehead atoms. The van der Waals surface area contributed by atoms with Crippen LogP contribution in [0, 0.1) is 11.8 Å². The molecule has 4 heteroatoms. The van der Waals surface area contributed by atoms with E-state index in [9.17, 15) is 4.79 Å². The van der Waals surface area contributed by atoms with E-state index in [1.807, 2.05) is 0 Å². The smallest absolute Gasteiger partial charge is 0.356 e. The Morgan fingerprint density at radius 3 is 3.11 bits per heavy atom. The highest BCUT2D eigenvalue weighted by Gasteiger charge is 2.18. The molecule has 1 saturated carbocycles. The van der Waals surface area contributed by atoms with Gasteiger partial charge in [0.25, 0.3) is 0 Å². The second kappa shape index (κ2) is 6.55. The summed E-state index contributed by atoms with van der Waals surface area (Å²) in [6.07, 6.45) is 7.93. The fraction of sp³-hybridized carbons (Fsp3) is 0.600. The molecule has 0 amide bonds. The van der Waals surface area contributed by atoms with Crippen molar-refractivity contribution < 1.29 is 9.90 Å². The number of hydrogen-bond donors (Lipinski definition) is 2. The lowest BCUT2D eigenvalue weighted by molar-refractivity contribution is 0.0691. The number of pyridine rings is 1. The monoisotopic (exact) mass is 262 g/mol. The highest BCUT2D eigenvalue weighted by atomic mass is 16.4. The maximum atomic E-state index is 11.0. The molecule has 104 valence electrons. The first-order valence-corrected chi connectivity index (χ1v) is 7.09. The van der Waals surface area contributed by atoms with Crippen LogP contribution in [0.5, 0.6) is 0 Å². The summed E-state index contributed by atoms with van der Waals surface area (Å²) in [5, 5.41) is 12.3. The van der Waals surface area contributed by atoms with E-state index in [2.05, 4.69) is 17.2 Å². The Balaban J connectivity index is 1.84. The Morgan fingerprint density at radius 2 is 2.37 bits per heavy atom. The molecule has 2 unspecified atom stereocenters. The van der Waals surface area contributed by atoms with E-state index in [1.165, 1.54) is 31.9 Å². The molecular weight excluding hydrogens is 240 g/mol. The lowest BCUT2D eigenvalue weighted by atomic mass is 9.81. The summed E-state index contributed by atoms with van der Waals surface area (Å²) in [5.74, 6) is 0.641. The number of carboxylic acids is 1. The number of aromatic nitrogens is 1. The van der Waals surface area contributed by atoms with Gasteiger partial charge in [0.05, 0.1) is 5.69 Å². The lowest BCUT2D eigenvalue weighted by Gasteiger charge is -2.26. The van der Waals surface area contributed by atoms with Gasteiger partial charge in [0.15, 0.2) is 5.69 Å². The third-order valence-electron chi connectivity index (χ3n) is 3.92. The predicted molar refractivity (Wildman–Crippen MR) is 75.4 cm³/mol. The largest absolute Gasteiger partial charge is 0.476 e. The second-order valence-electron chi connectivity index (χ2n) is 5.56. The summed E-state index contributed by atoms with van der Waals surface area (Å²) in [7, 11) is 0. The Bertz CT molecular complexity index is 434. The maximum absolute atomic E-state index is 11.0. The Kier molecular flexibility index (Phi) is 4.77. The van der Waals surface area contributed by atoms with Gasteiger partial charge in [0.2, 0.25) is 0 Å². The molecule has 1 aromatic rings. The molecule has 19 heavy (non-hydrogen) atoms. The van der Waals surface area contributed by atoms with E-state index in [4.69, 9.17) is 5.11 Å². The molecule has 0 saturated heterocycles. The molecule has 0 aliphatic heterocycles. The van der Waals surface area contributed by atoms with E-state index in [0.717, 1.165) is 24.8 Å². The van der Waals surface area contributed by atoms with Gasteiger partial charge >= 0.3 is 5.97 Å². The van der Waals surface area contributed by atoms with Gasteiger partial charge in [-0.2, -0.15) is 0 Å². The van der Waals surface area contributed by atoms with E-state index in [0.29, 0.717) is 5.69 Å². The molecule has 1 aliphatic rings. The fourth-order valence-corrected chi connectivity index (χ4v) is 2.95. The van der Waals surface area contributed by atoms with E-state index >= 15 is 0 Å². The number of nitrogens with zero attached hydrogens (tertiary/aromatic N) is 1. The van der Waals surface area contributed by atoms with Crippen molar-refractivity contribution in [1.82, 2.24) is 4.98 Å². The van der Waals surface area contributed by atoms with Gasteiger partial charge in [0.1, 0.15) is 0 Å². The van der Waals surface area contributed by atoms with Crippen molar-refractivity contribution in [2.75, 3.05) is 11.9 Å². The number of nitrogens with one attached hydrogen (secondary N) is 1. The summed E-state index contributed by atoms with van der Waals surface area (Å²) >= 11 is 0. The van der Waals surface area contributed by atoms with Crippen LogP contribution in [-0.2, 0) is 0 Å². The van der Waals surface area contributed by atoms with Gasteiger partial charge in [-0.25, -0.2) is 9.78 Å². The third-order valence-corrected chi connectivity index (χ3v) is 3.92. The second-order valence-corrected chi connectivity index (χ2v) is 5.56. The molecule has 2 rings (SSSR count). The third kappa shape index (κ3) is 3.94. The van der Waals surface area contributed by atoms with E-state index in [1.54, 1.807) is 12.1 Å². The first-order chi connectivity index (χ1) is 9.16. The highest BCUT2D eigenvalue weighted by molar-refractivity contribution is 5.91. The molecular formula is C15H22N2O2. The van der Waals surface area contributed by atoms with Gasteiger partial charge in [-0.3, -0.25) is 0 Å². The summed E-state index contributed by atoms with van der Waals surface area (Å²) in [4.78, 5) is 14.9. The van der Waals surface area contributed by atoms with Crippen LogP contribution in [0.1, 0.15) is 49.5 Å². The minimum atomic E-state index is -0.977. The maximum Gasteiger partial charge on any atom is 0.356 e. The van der Waals surface area contributed by atoms with Crippen LogP contribution in [-0.4, -0.2) is 22.6 Å². The van der Waals surface area contributed by atoms with Crippen molar-refractivity contribution in [2.45, 2.75) is 39.0 Å². The van der Waals surface area contributed by atoms with Crippen LogP contribution in [0.2, 0.25) is 0 Å². The average Bonchev–Trinajstić information content (AvgIpc) is 2.39. The van der Waals surface area contributed by atoms with Crippen LogP contribution >= 0.6 is 0 Å². The zero-order valence-electron chi connectivity index (χ0n) is 11.4. The van der Waals surface area contributed by atoms with Crippen molar-refractivity contribution in [3.63, 3.8) is 0 Å². The van der Waals surface area contributed by atoms with Gasteiger partial charge in [0, 0.05) is 12.7 Å². The number of aromatic carboxylic acids is 1. The van der Waals surface area contributed by atoms with Crippen LogP contribution in [0.15, 0.2) is 18.3 Å². The molecule has 2 atom stereocenters. The Morgan fingerprint density at radius 1 is 1.53 bits per heavy atom. The Labute approximate surface area is 114 Å². The topological polar surface area (TPSA) is 62.2 Å². The molecule has 2 N–H and O–H groups in total. The molecule has 0 aromatic carbocycles. The lowest BCUT2D eigenvalue weighted by Crippen LogP contribution is -2.17. The molecule has 1 aliphatic carbocycles. The number of hydrogen-bond acceptors (Lipinski definition) is 3. The van der Waals surface area contributed by atoms with Crippen molar-refractivity contribution in [2.24, 2.45) is 11.8 Å². The first-order valence-electron chi connectivity index (χ1n) is 7.09. The molecule has 1 aromatic heterocycles. The average molecular weight is 262 g/mol. The standard InChI is InChI=1S/C15H22N2O2/c1-11-4-2-5-12(10-11)7-9-16-13-6-3-8-17-14(13)15(18)19/h3,6,8,11-12,16H,2,4-5,7,9-10H2,1H3,(H,18,19). The van der Waals surface area contributed by atoms with Crippen LogP contribution in [0.25, 0.3) is 0 Å². The molecule has 1 heterocycles. The van der Waals surface area contributed by atoms with Gasteiger partial charge in [-0.1, -0.05) is 26.2 Å². The zero-order valence-corrected chi connectivity index (χ0v) is 11.4. The summed E-state index contributed by atoms with van der Waals surface area (Å²) < 4.78 is 0. The molecule has 0 spiro atoms. The minimum Gasteiger partial charge on any atom is -0.476 e.